The Morgan fingerprint density at radius 3 is 2.12 bits per heavy atom. The summed E-state index contributed by atoms with van der Waals surface area (Å²) in [4.78, 5) is 15.4. The maximum Gasteiger partial charge on any atom is 0.335 e. The standard InChI is InChI=1S/C38H32Cl3N3O5S/c39-28-13-18-34-32(23-28)31(20-22-49-30-15-11-27(12-16-30)38(45)46)35(19-21-42-50(47,48)24-29-14-17-33(40)37(41)43-29)44(34)36(25-7-3-1-4-8-25)26-9-5-2-6-10-26/h1-18,23,36,42H,19-22,24H2,(H,45,46). The molecule has 256 valence electrons. The number of aromatic carboxylic acids is 1. The van der Waals surface area contributed by atoms with E-state index in [1.165, 1.54) is 24.3 Å². The van der Waals surface area contributed by atoms with Gasteiger partial charge in [0.15, 0.2) is 0 Å². The van der Waals surface area contributed by atoms with E-state index in [9.17, 15) is 18.3 Å². The summed E-state index contributed by atoms with van der Waals surface area (Å²) in [7, 11) is -3.80. The Labute approximate surface area is 305 Å². The molecule has 12 heteroatoms. The molecule has 50 heavy (non-hydrogen) atoms. The van der Waals surface area contributed by atoms with Crippen LogP contribution in [0.15, 0.2) is 115 Å². The predicted octanol–water partition coefficient (Wildman–Crippen LogP) is 8.62. The first-order valence-corrected chi connectivity index (χ1v) is 18.5. The highest BCUT2D eigenvalue weighted by molar-refractivity contribution is 7.88. The number of halogens is 3. The molecule has 0 spiro atoms. The van der Waals surface area contributed by atoms with Crippen molar-refractivity contribution in [1.29, 1.82) is 0 Å². The number of carboxylic acids is 1. The number of carboxylic acid groups (broad SMARTS) is 1. The number of nitrogens with one attached hydrogen (secondary N) is 1. The van der Waals surface area contributed by atoms with E-state index in [0.717, 1.165) is 33.3 Å². The highest BCUT2D eigenvalue weighted by atomic mass is 35.5. The molecule has 6 aromatic rings. The van der Waals surface area contributed by atoms with E-state index in [2.05, 4.69) is 38.5 Å². The number of benzene rings is 4. The van der Waals surface area contributed by atoms with Gasteiger partial charge in [-0.05, 0) is 71.3 Å². The Morgan fingerprint density at radius 1 is 0.840 bits per heavy atom. The SMILES string of the molecule is O=C(O)c1ccc(OCCc2c(CCNS(=O)(=O)Cc3ccc(Cl)c(Cl)n3)n(C(c3ccccc3)c3ccccc3)c3ccc(Cl)cc23)cc1. The van der Waals surface area contributed by atoms with Crippen LogP contribution in [0.2, 0.25) is 15.2 Å². The average molecular weight is 749 g/mol. The molecule has 0 radical (unpaired) electrons. The fourth-order valence-electron chi connectivity index (χ4n) is 6.08. The summed E-state index contributed by atoms with van der Waals surface area (Å²) in [6, 6.07) is 35.1. The second kappa shape index (κ2) is 15.7. The lowest BCUT2D eigenvalue weighted by molar-refractivity contribution is 0.0697. The molecule has 0 fully saturated rings. The van der Waals surface area contributed by atoms with Gasteiger partial charge in [0.2, 0.25) is 10.0 Å². The Hall–Kier alpha value is -4.38. The number of fused-ring (bicyclic) bond motifs is 1. The number of pyridine rings is 1. The lowest BCUT2D eigenvalue weighted by atomic mass is 9.97. The summed E-state index contributed by atoms with van der Waals surface area (Å²) in [6.45, 7) is 0.385. The van der Waals surface area contributed by atoms with Crippen LogP contribution in [0.3, 0.4) is 0 Å². The maximum absolute atomic E-state index is 13.2. The van der Waals surface area contributed by atoms with E-state index in [1.807, 2.05) is 54.6 Å². The fourth-order valence-corrected chi connectivity index (χ4v) is 7.60. The van der Waals surface area contributed by atoms with Crippen LogP contribution in [0.5, 0.6) is 5.75 Å². The second-order valence-corrected chi connectivity index (χ2v) is 14.6. The van der Waals surface area contributed by atoms with Gasteiger partial charge in [-0.25, -0.2) is 22.9 Å². The number of hydrogen-bond donors (Lipinski definition) is 2. The lowest BCUT2D eigenvalue weighted by Gasteiger charge is -2.25. The van der Waals surface area contributed by atoms with Gasteiger partial charge in [0.1, 0.15) is 16.7 Å². The van der Waals surface area contributed by atoms with Gasteiger partial charge in [0.05, 0.1) is 28.9 Å². The topological polar surface area (TPSA) is 111 Å². The highest BCUT2D eigenvalue weighted by Gasteiger charge is 2.26. The van der Waals surface area contributed by atoms with E-state index < -0.39 is 16.0 Å². The molecule has 2 heterocycles. The summed E-state index contributed by atoms with van der Waals surface area (Å²) in [5, 5.41) is 11.1. The molecule has 0 saturated carbocycles. The van der Waals surface area contributed by atoms with Crippen molar-refractivity contribution in [3.63, 3.8) is 0 Å². The number of aromatic nitrogens is 2. The first kappa shape index (κ1) is 35.4. The van der Waals surface area contributed by atoms with E-state index in [1.54, 1.807) is 12.1 Å². The van der Waals surface area contributed by atoms with Crippen LogP contribution in [-0.4, -0.2) is 42.2 Å². The third-order valence-corrected chi connectivity index (χ3v) is 10.5. The normalized spacial score (nSPS) is 11.7. The maximum atomic E-state index is 13.2. The molecule has 4 aromatic carbocycles. The number of nitrogens with zero attached hydrogens (tertiary/aromatic N) is 2. The number of carbonyl (C=O) groups is 1. The Balaban J connectivity index is 1.39. The van der Waals surface area contributed by atoms with Crippen molar-refractivity contribution >= 4 is 61.7 Å². The van der Waals surface area contributed by atoms with Crippen LogP contribution >= 0.6 is 34.8 Å². The van der Waals surface area contributed by atoms with Crippen LogP contribution in [0.4, 0.5) is 0 Å². The van der Waals surface area contributed by atoms with Crippen molar-refractivity contribution in [2.75, 3.05) is 13.2 Å². The van der Waals surface area contributed by atoms with Crippen molar-refractivity contribution < 1.29 is 23.1 Å². The number of ether oxygens (including phenoxy) is 1. The molecule has 2 aromatic heterocycles. The molecular weight excluding hydrogens is 717 g/mol. The summed E-state index contributed by atoms with van der Waals surface area (Å²) in [5.41, 5.74) is 5.37. The highest BCUT2D eigenvalue weighted by Crippen LogP contribution is 2.38. The van der Waals surface area contributed by atoms with Gasteiger partial charge in [0.25, 0.3) is 0 Å². The Kier molecular flexibility index (Phi) is 11.1. The van der Waals surface area contributed by atoms with Crippen LogP contribution in [0.1, 0.15) is 44.5 Å². The summed E-state index contributed by atoms with van der Waals surface area (Å²) < 4.78 is 37.6. The van der Waals surface area contributed by atoms with Crippen LogP contribution in [-0.2, 0) is 28.6 Å². The van der Waals surface area contributed by atoms with Gasteiger partial charge in [-0.15, -0.1) is 0 Å². The molecule has 0 amide bonds. The average Bonchev–Trinajstić information content (AvgIpc) is 3.39. The quantitative estimate of drug-likeness (QED) is 0.108. The smallest absolute Gasteiger partial charge is 0.335 e. The van der Waals surface area contributed by atoms with Crippen molar-refractivity contribution in [3.05, 3.63) is 164 Å². The Morgan fingerprint density at radius 2 is 1.50 bits per heavy atom. The van der Waals surface area contributed by atoms with E-state index in [-0.39, 0.29) is 46.4 Å². The van der Waals surface area contributed by atoms with Crippen molar-refractivity contribution in [3.8, 4) is 5.75 Å². The molecule has 0 atom stereocenters. The van der Waals surface area contributed by atoms with Crippen molar-refractivity contribution in [2.24, 2.45) is 0 Å². The zero-order chi connectivity index (χ0) is 35.3. The predicted molar refractivity (Wildman–Crippen MR) is 198 cm³/mol. The Bertz CT molecular complexity index is 2190. The van der Waals surface area contributed by atoms with Gasteiger partial charge in [0, 0.05) is 41.0 Å². The molecular formula is C38H32Cl3N3O5S. The minimum atomic E-state index is -3.80. The van der Waals surface area contributed by atoms with Crippen LogP contribution < -0.4 is 9.46 Å². The third-order valence-electron chi connectivity index (χ3n) is 8.28. The summed E-state index contributed by atoms with van der Waals surface area (Å²) in [6.07, 6.45) is 0.815. The van der Waals surface area contributed by atoms with Crippen LogP contribution in [0, 0.1) is 0 Å². The lowest BCUT2D eigenvalue weighted by Crippen LogP contribution is -2.29. The fraction of sp³-hybridized carbons (Fsp3) is 0.158. The molecule has 0 bridgehead atoms. The third kappa shape index (κ3) is 8.31. The first-order valence-electron chi connectivity index (χ1n) is 15.7. The zero-order valence-corrected chi connectivity index (χ0v) is 29.7. The molecule has 6 rings (SSSR count). The second-order valence-electron chi connectivity index (χ2n) is 11.6. The van der Waals surface area contributed by atoms with Gasteiger partial charge in [-0.3, -0.25) is 0 Å². The summed E-state index contributed by atoms with van der Waals surface area (Å²) >= 11 is 18.6. The largest absolute Gasteiger partial charge is 0.493 e. The van der Waals surface area contributed by atoms with E-state index in [0.29, 0.717) is 23.6 Å². The minimum Gasteiger partial charge on any atom is -0.493 e. The monoisotopic (exact) mass is 747 g/mol. The van der Waals surface area contributed by atoms with Gasteiger partial charge >= 0.3 is 5.97 Å². The van der Waals surface area contributed by atoms with Gasteiger partial charge < -0.3 is 14.4 Å². The molecule has 2 N–H and O–H groups in total. The number of rotatable bonds is 14. The van der Waals surface area contributed by atoms with Gasteiger partial charge in [-0.1, -0.05) is 95.5 Å². The van der Waals surface area contributed by atoms with E-state index >= 15 is 0 Å². The van der Waals surface area contributed by atoms with Crippen LogP contribution in [0.25, 0.3) is 10.9 Å². The van der Waals surface area contributed by atoms with Gasteiger partial charge in [-0.2, -0.15) is 0 Å². The molecule has 0 aliphatic rings. The zero-order valence-electron chi connectivity index (χ0n) is 26.6. The molecule has 8 nitrogen and oxygen atoms in total. The minimum absolute atomic E-state index is 0.0418. The van der Waals surface area contributed by atoms with E-state index in [4.69, 9.17) is 39.5 Å². The molecule has 0 aliphatic heterocycles. The number of sulfonamides is 1. The molecule has 0 unspecified atom stereocenters. The molecule has 0 aliphatic carbocycles. The first-order chi connectivity index (χ1) is 24.1. The number of hydrogen-bond acceptors (Lipinski definition) is 5. The summed E-state index contributed by atoms with van der Waals surface area (Å²) in [5.74, 6) is -0.838. The van der Waals surface area contributed by atoms with Crippen molar-refractivity contribution in [2.45, 2.75) is 24.6 Å². The van der Waals surface area contributed by atoms with Crippen molar-refractivity contribution in [1.82, 2.24) is 14.3 Å². The molecule has 0 saturated heterocycles.